The highest BCUT2D eigenvalue weighted by atomic mass is 79.9. The van der Waals surface area contributed by atoms with Gasteiger partial charge in [0.05, 0.1) is 5.60 Å². The fourth-order valence-corrected chi connectivity index (χ4v) is 2.18. The molecule has 0 N–H and O–H groups in total. The van der Waals surface area contributed by atoms with Crippen molar-refractivity contribution in [2.45, 2.75) is 51.0 Å². The Labute approximate surface area is 84.0 Å². The average Bonchev–Trinajstić information content (AvgIpc) is 2.47. The molecule has 0 spiro atoms. The number of alkyl halides is 1. The summed E-state index contributed by atoms with van der Waals surface area (Å²) in [7, 11) is 0. The minimum Gasteiger partial charge on any atom is -0.375 e. The van der Waals surface area contributed by atoms with Gasteiger partial charge in [0.15, 0.2) is 0 Å². The number of rotatable bonds is 5. The molecular weight excluding hydrogens is 216 g/mol. The van der Waals surface area contributed by atoms with Crippen molar-refractivity contribution >= 4 is 15.9 Å². The molecule has 1 nitrogen and oxygen atoms in total. The van der Waals surface area contributed by atoms with Gasteiger partial charge in [-0.05, 0) is 32.6 Å². The van der Waals surface area contributed by atoms with Crippen LogP contribution in [0, 0.1) is 0 Å². The second-order valence-corrected chi connectivity index (χ2v) is 4.69. The van der Waals surface area contributed by atoms with Gasteiger partial charge in [-0.2, -0.15) is 0 Å². The smallest absolute Gasteiger partial charge is 0.0654 e. The van der Waals surface area contributed by atoms with Gasteiger partial charge in [0.25, 0.3) is 0 Å². The molecule has 0 amide bonds. The van der Waals surface area contributed by atoms with Crippen LogP contribution >= 0.6 is 15.9 Å². The fourth-order valence-electron chi connectivity index (χ4n) is 1.78. The normalized spacial score (nSPS) is 21.5. The summed E-state index contributed by atoms with van der Waals surface area (Å²) in [6, 6.07) is 0. The monoisotopic (exact) mass is 234 g/mol. The van der Waals surface area contributed by atoms with Crippen LogP contribution in [0.5, 0.6) is 0 Å². The summed E-state index contributed by atoms with van der Waals surface area (Å²) in [6.45, 7) is 3.20. The Morgan fingerprint density at radius 3 is 2.50 bits per heavy atom. The zero-order chi connectivity index (χ0) is 8.86. The van der Waals surface area contributed by atoms with E-state index in [0.717, 1.165) is 11.9 Å². The zero-order valence-electron chi connectivity index (χ0n) is 7.94. The lowest BCUT2D eigenvalue weighted by molar-refractivity contribution is -0.0272. The zero-order valence-corrected chi connectivity index (χ0v) is 9.53. The minimum absolute atomic E-state index is 0.228. The van der Waals surface area contributed by atoms with E-state index in [0.29, 0.717) is 0 Å². The van der Waals surface area contributed by atoms with Crippen molar-refractivity contribution < 1.29 is 4.74 Å². The highest BCUT2D eigenvalue weighted by Crippen LogP contribution is 2.32. The highest BCUT2D eigenvalue weighted by molar-refractivity contribution is 9.09. The maximum absolute atomic E-state index is 5.87. The SMILES string of the molecule is CC1(OCCCCBr)CCCC1. The first-order valence-corrected chi connectivity index (χ1v) is 6.09. The molecule has 0 radical (unpaired) electrons. The molecule has 0 aromatic carbocycles. The van der Waals surface area contributed by atoms with Gasteiger partial charge >= 0.3 is 0 Å². The quantitative estimate of drug-likeness (QED) is 0.523. The molecule has 1 saturated carbocycles. The average molecular weight is 235 g/mol. The Kier molecular flexibility index (Phi) is 4.59. The second kappa shape index (κ2) is 5.23. The predicted molar refractivity (Wildman–Crippen MR) is 55.9 cm³/mol. The van der Waals surface area contributed by atoms with Crippen LogP contribution in [0.4, 0.5) is 0 Å². The van der Waals surface area contributed by atoms with E-state index in [1.54, 1.807) is 0 Å². The number of halogens is 1. The van der Waals surface area contributed by atoms with Gasteiger partial charge in [0.1, 0.15) is 0 Å². The Morgan fingerprint density at radius 1 is 1.25 bits per heavy atom. The number of unbranched alkanes of at least 4 members (excludes halogenated alkanes) is 1. The molecule has 72 valence electrons. The summed E-state index contributed by atoms with van der Waals surface area (Å²) in [6.07, 6.45) is 7.67. The second-order valence-electron chi connectivity index (χ2n) is 3.90. The lowest BCUT2D eigenvalue weighted by Gasteiger charge is -2.24. The summed E-state index contributed by atoms with van der Waals surface area (Å²) >= 11 is 3.42. The summed E-state index contributed by atoms with van der Waals surface area (Å²) in [4.78, 5) is 0. The molecule has 0 aromatic rings. The van der Waals surface area contributed by atoms with Crippen molar-refractivity contribution in [1.82, 2.24) is 0 Å². The number of hydrogen-bond donors (Lipinski definition) is 0. The standard InChI is InChI=1S/C10H19BrO/c1-10(6-2-3-7-10)12-9-5-4-8-11/h2-9H2,1H3. The van der Waals surface area contributed by atoms with Crippen molar-refractivity contribution in [2.75, 3.05) is 11.9 Å². The Hall–Kier alpha value is 0.440. The molecular formula is C10H19BrO. The van der Waals surface area contributed by atoms with Crippen LogP contribution in [0.15, 0.2) is 0 Å². The van der Waals surface area contributed by atoms with Crippen molar-refractivity contribution in [3.05, 3.63) is 0 Å². The van der Waals surface area contributed by atoms with Crippen LogP contribution in [-0.2, 0) is 4.74 Å². The molecule has 2 heteroatoms. The van der Waals surface area contributed by atoms with Gasteiger partial charge in [0, 0.05) is 11.9 Å². The van der Waals surface area contributed by atoms with Gasteiger partial charge < -0.3 is 4.74 Å². The molecule has 0 saturated heterocycles. The fraction of sp³-hybridized carbons (Fsp3) is 1.00. The molecule has 12 heavy (non-hydrogen) atoms. The summed E-state index contributed by atoms with van der Waals surface area (Å²) < 4.78 is 5.87. The molecule has 1 rings (SSSR count). The predicted octanol–water partition coefficient (Wildman–Crippen LogP) is 3.51. The molecule has 1 aliphatic carbocycles. The summed E-state index contributed by atoms with van der Waals surface area (Å²) in [5, 5.41) is 1.10. The first-order valence-electron chi connectivity index (χ1n) is 4.97. The number of ether oxygens (including phenoxy) is 1. The van der Waals surface area contributed by atoms with Crippen LogP contribution in [0.3, 0.4) is 0 Å². The molecule has 0 aliphatic heterocycles. The van der Waals surface area contributed by atoms with Crippen LogP contribution in [0.25, 0.3) is 0 Å². The molecule has 0 aromatic heterocycles. The van der Waals surface area contributed by atoms with Crippen molar-refractivity contribution in [1.29, 1.82) is 0 Å². The Bertz CT molecular complexity index is 119. The topological polar surface area (TPSA) is 9.23 Å². The summed E-state index contributed by atoms with van der Waals surface area (Å²) in [5.41, 5.74) is 0.228. The van der Waals surface area contributed by atoms with E-state index in [1.165, 1.54) is 38.5 Å². The van der Waals surface area contributed by atoms with E-state index < -0.39 is 0 Å². The van der Waals surface area contributed by atoms with Crippen LogP contribution in [0.1, 0.15) is 45.4 Å². The third-order valence-electron chi connectivity index (χ3n) is 2.64. The first kappa shape index (κ1) is 10.5. The van der Waals surface area contributed by atoms with Crippen LogP contribution < -0.4 is 0 Å². The van der Waals surface area contributed by atoms with Gasteiger partial charge in [-0.3, -0.25) is 0 Å². The van der Waals surface area contributed by atoms with Crippen molar-refractivity contribution in [3.8, 4) is 0 Å². The van der Waals surface area contributed by atoms with E-state index in [4.69, 9.17) is 4.74 Å². The first-order chi connectivity index (χ1) is 5.77. The van der Waals surface area contributed by atoms with E-state index >= 15 is 0 Å². The van der Waals surface area contributed by atoms with Gasteiger partial charge in [-0.1, -0.05) is 28.8 Å². The lowest BCUT2D eigenvalue weighted by atomic mass is 10.1. The molecule has 1 fully saturated rings. The van der Waals surface area contributed by atoms with Crippen molar-refractivity contribution in [3.63, 3.8) is 0 Å². The minimum atomic E-state index is 0.228. The third-order valence-corrected chi connectivity index (χ3v) is 3.20. The maximum Gasteiger partial charge on any atom is 0.0654 e. The lowest BCUT2D eigenvalue weighted by Crippen LogP contribution is -2.24. The van der Waals surface area contributed by atoms with E-state index in [1.807, 2.05) is 0 Å². The molecule has 0 atom stereocenters. The molecule has 0 bridgehead atoms. The van der Waals surface area contributed by atoms with Crippen molar-refractivity contribution in [2.24, 2.45) is 0 Å². The maximum atomic E-state index is 5.87. The van der Waals surface area contributed by atoms with Crippen LogP contribution in [0.2, 0.25) is 0 Å². The Morgan fingerprint density at radius 2 is 1.92 bits per heavy atom. The third kappa shape index (κ3) is 3.44. The highest BCUT2D eigenvalue weighted by Gasteiger charge is 2.28. The van der Waals surface area contributed by atoms with Gasteiger partial charge in [-0.15, -0.1) is 0 Å². The largest absolute Gasteiger partial charge is 0.375 e. The molecule has 0 heterocycles. The van der Waals surface area contributed by atoms with Crippen LogP contribution in [-0.4, -0.2) is 17.5 Å². The van der Waals surface area contributed by atoms with Gasteiger partial charge in [0.2, 0.25) is 0 Å². The molecule has 1 aliphatic rings. The molecule has 0 unspecified atom stereocenters. The van der Waals surface area contributed by atoms with E-state index in [9.17, 15) is 0 Å². The summed E-state index contributed by atoms with van der Waals surface area (Å²) in [5.74, 6) is 0. The Balaban J connectivity index is 2.05. The van der Waals surface area contributed by atoms with E-state index in [-0.39, 0.29) is 5.60 Å². The number of hydrogen-bond acceptors (Lipinski definition) is 1. The van der Waals surface area contributed by atoms with E-state index in [2.05, 4.69) is 22.9 Å². The van der Waals surface area contributed by atoms with Gasteiger partial charge in [-0.25, -0.2) is 0 Å².